The number of aromatic nitrogens is 3. The second-order valence-corrected chi connectivity index (χ2v) is 7.91. The van der Waals surface area contributed by atoms with Crippen LogP contribution in [0.4, 0.5) is 19.1 Å². The summed E-state index contributed by atoms with van der Waals surface area (Å²) in [5, 5.41) is 2.73. The first-order chi connectivity index (χ1) is 15.3. The lowest BCUT2D eigenvalue weighted by molar-refractivity contribution is -0.137. The maximum Gasteiger partial charge on any atom is 0.416 e. The molecule has 0 aliphatic carbocycles. The summed E-state index contributed by atoms with van der Waals surface area (Å²) in [5.74, 6) is -0.382. The molecule has 1 unspecified atom stereocenters. The number of alkyl halides is 3. The summed E-state index contributed by atoms with van der Waals surface area (Å²) >= 11 is 0. The van der Waals surface area contributed by atoms with Gasteiger partial charge in [-0.15, -0.1) is 0 Å². The smallest absolute Gasteiger partial charge is 0.304 e. The number of hydrogen-bond acceptors (Lipinski definition) is 5. The van der Waals surface area contributed by atoms with Gasteiger partial charge in [0.25, 0.3) is 5.91 Å². The molecule has 1 amide bonds. The molecule has 4 rings (SSSR count). The van der Waals surface area contributed by atoms with E-state index in [0.29, 0.717) is 11.2 Å². The van der Waals surface area contributed by atoms with Crippen LogP contribution in [-0.4, -0.2) is 63.5 Å². The highest BCUT2D eigenvalue weighted by molar-refractivity contribution is 6.04. The Kier molecular flexibility index (Phi) is 6.16. The molecule has 1 N–H and O–H groups in total. The van der Waals surface area contributed by atoms with E-state index in [1.165, 1.54) is 12.1 Å². The van der Waals surface area contributed by atoms with Gasteiger partial charge in [-0.2, -0.15) is 13.2 Å². The van der Waals surface area contributed by atoms with Crippen molar-refractivity contribution in [3.05, 3.63) is 53.7 Å². The van der Waals surface area contributed by atoms with Crippen molar-refractivity contribution in [1.29, 1.82) is 0 Å². The van der Waals surface area contributed by atoms with Gasteiger partial charge in [0.2, 0.25) is 5.95 Å². The molecule has 7 nitrogen and oxygen atoms in total. The summed E-state index contributed by atoms with van der Waals surface area (Å²) in [6, 6.07) is 7.92. The monoisotopic (exact) mass is 446 g/mol. The predicted molar refractivity (Wildman–Crippen MR) is 115 cm³/mol. The highest BCUT2D eigenvalue weighted by atomic mass is 19.4. The number of imidazole rings is 1. The number of carbonyl (C=O) groups excluding carboxylic acids is 1. The molecule has 1 fully saturated rings. The highest BCUT2D eigenvalue weighted by Crippen LogP contribution is 2.31. The van der Waals surface area contributed by atoms with E-state index in [1.807, 2.05) is 4.57 Å². The van der Waals surface area contributed by atoms with E-state index in [2.05, 4.69) is 39.1 Å². The minimum atomic E-state index is -4.53. The zero-order valence-electron chi connectivity index (χ0n) is 17.9. The average molecular weight is 446 g/mol. The fraction of sp³-hybridized carbons (Fsp3) is 0.409. The lowest BCUT2D eigenvalue weighted by atomic mass is 10.1. The number of likely N-dealkylation sites (N-methyl/N-ethyl adjacent to an activating group) is 1. The van der Waals surface area contributed by atoms with E-state index < -0.39 is 17.6 Å². The fourth-order valence-electron chi connectivity index (χ4n) is 4.03. The van der Waals surface area contributed by atoms with Crippen molar-refractivity contribution in [2.24, 2.45) is 0 Å². The van der Waals surface area contributed by atoms with E-state index in [1.54, 1.807) is 18.3 Å². The minimum absolute atomic E-state index is 0.0842. The second-order valence-electron chi connectivity index (χ2n) is 7.91. The number of fused-ring (bicyclic) bond motifs is 1. The second kappa shape index (κ2) is 8.87. The number of nitrogens with one attached hydrogen (secondary N) is 1. The molecule has 3 aromatic rings. The zero-order valence-corrected chi connectivity index (χ0v) is 17.9. The van der Waals surface area contributed by atoms with E-state index in [-0.39, 0.29) is 17.7 Å². The Bertz CT molecular complexity index is 1100. The third kappa shape index (κ3) is 4.46. The van der Waals surface area contributed by atoms with Crippen LogP contribution in [0.5, 0.6) is 0 Å². The van der Waals surface area contributed by atoms with Gasteiger partial charge in [-0.1, -0.05) is 13.0 Å². The average Bonchev–Trinajstić information content (AvgIpc) is 3.13. The van der Waals surface area contributed by atoms with Crippen LogP contribution in [0.15, 0.2) is 42.6 Å². The summed E-state index contributed by atoms with van der Waals surface area (Å²) in [4.78, 5) is 26.5. The molecule has 170 valence electrons. The molecule has 0 bridgehead atoms. The molecule has 2 aromatic heterocycles. The van der Waals surface area contributed by atoms with Crippen LogP contribution in [0.3, 0.4) is 0 Å². The topological polar surface area (TPSA) is 66.3 Å². The van der Waals surface area contributed by atoms with E-state index in [9.17, 15) is 18.0 Å². The fourth-order valence-corrected chi connectivity index (χ4v) is 4.03. The molecule has 0 radical (unpaired) electrons. The van der Waals surface area contributed by atoms with Crippen LogP contribution in [0.1, 0.15) is 35.4 Å². The summed E-state index contributed by atoms with van der Waals surface area (Å²) < 4.78 is 41.1. The number of pyridine rings is 1. The molecular formula is C22H25F3N6O. The first kappa shape index (κ1) is 22.2. The Balaban J connectivity index is 1.69. The number of anilines is 1. The summed E-state index contributed by atoms with van der Waals surface area (Å²) in [6.45, 7) is 5.59. The largest absolute Gasteiger partial charge is 0.416 e. The summed E-state index contributed by atoms with van der Waals surface area (Å²) in [6.07, 6.45) is -2.21. The van der Waals surface area contributed by atoms with Gasteiger partial charge in [-0.05, 0) is 43.8 Å². The maximum absolute atomic E-state index is 13.1. The van der Waals surface area contributed by atoms with Crippen molar-refractivity contribution in [2.45, 2.75) is 25.7 Å². The number of hydrogen-bond donors (Lipinski definition) is 1. The standard InChI is InChI=1S/C22H25F3N6O/c1-3-18(30-12-10-29(2)11-13-30)31-19-17(8-5-9-26-19)27-21(31)28-20(32)15-6-4-7-16(14-15)22(23,24)25/h4-9,14,18H,3,10-13H2,1-2H3,(H,27,28,32). The quantitative estimate of drug-likeness (QED) is 0.645. The van der Waals surface area contributed by atoms with Crippen molar-refractivity contribution in [3.63, 3.8) is 0 Å². The molecular weight excluding hydrogens is 421 g/mol. The molecule has 1 aromatic carbocycles. The van der Waals surface area contributed by atoms with Crippen molar-refractivity contribution < 1.29 is 18.0 Å². The third-order valence-corrected chi connectivity index (χ3v) is 5.75. The Labute approximate surface area is 183 Å². The number of nitrogens with zero attached hydrogens (tertiary/aromatic N) is 5. The normalized spacial score (nSPS) is 16.9. The van der Waals surface area contributed by atoms with Crippen molar-refractivity contribution in [3.8, 4) is 0 Å². The van der Waals surface area contributed by atoms with Crippen LogP contribution in [0.2, 0.25) is 0 Å². The predicted octanol–water partition coefficient (Wildman–Crippen LogP) is 3.86. The highest BCUT2D eigenvalue weighted by Gasteiger charge is 2.31. The minimum Gasteiger partial charge on any atom is -0.304 e. The summed E-state index contributed by atoms with van der Waals surface area (Å²) in [5.41, 5.74) is 0.278. The van der Waals surface area contributed by atoms with E-state index in [4.69, 9.17) is 0 Å². The first-order valence-corrected chi connectivity index (χ1v) is 10.5. The van der Waals surface area contributed by atoms with Crippen LogP contribution >= 0.6 is 0 Å². The lowest BCUT2D eigenvalue weighted by Crippen LogP contribution is -2.47. The first-order valence-electron chi connectivity index (χ1n) is 10.5. The van der Waals surface area contributed by atoms with Crippen molar-refractivity contribution >= 4 is 23.0 Å². The van der Waals surface area contributed by atoms with E-state index >= 15 is 0 Å². The Morgan fingerprint density at radius 3 is 2.59 bits per heavy atom. The molecule has 3 heterocycles. The van der Waals surface area contributed by atoms with Crippen molar-refractivity contribution in [2.75, 3.05) is 38.5 Å². The Hall–Kier alpha value is -2.98. The van der Waals surface area contributed by atoms with Gasteiger partial charge in [0.1, 0.15) is 5.52 Å². The number of piperazine rings is 1. The number of carbonyl (C=O) groups is 1. The molecule has 10 heteroatoms. The van der Waals surface area contributed by atoms with Crippen LogP contribution in [0.25, 0.3) is 11.2 Å². The molecule has 1 saturated heterocycles. The summed E-state index contributed by atoms with van der Waals surface area (Å²) in [7, 11) is 2.08. The Morgan fingerprint density at radius 2 is 1.91 bits per heavy atom. The van der Waals surface area contributed by atoms with Crippen LogP contribution in [0, 0.1) is 0 Å². The molecule has 1 aliphatic rings. The number of amides is 1. The number of rotatable bonds is 5. The number of halogens is 3. The molecule has 32 heavy (non-hydrogen) atoms. The van der Waals surface area contributed by atoms with Gasteiger partial charge >= 0.3 is 6.18 Å². The van der Waals surface area contributed by atoms with Gasteiger partial charge in [0, 0.05) is 37.9 Å². The van der Waals surface area contributed by atoms with Gasteiger partial charge < -0.3 is 4.90 Å². The van der Waals surface area contributed by atoms with Gasteiger partial charge in [0.15, 0.2) is 5.65 Å². The van der Waals surface area contributed by atoms with Gasteiger partial charge in [-0.3, -0.25) is 19.6 Å². The third-order valence-electron chi connectivity index (χ3n) is 5.75. The molecule has 0 saturated carbocycles. The van der Waals surface area contributed by atoms with Gasteiger partial charge in [-0.25, -0.2) is 9.97 Å². The van der Waals surface area contributed by atoms with E-state index in [0.717, 1.165) is 44.7 Å². The van der Waals surface area contributed by atoms with Crippen molar-refractivity contribution in [1.82, 2.24) is 24.3 Å². The lowest BCUT2D eigenvalue weighted by Gasteiger charge is -2.38. The number of benzene rings is 1. The van der Waals surface area contributed by atoms with Crippen LogP contribution in [-0.2, 0) is 6.18 Å². The molecule has 1 aliphatic heterocycles. The zero-order chi connectivity index (χ0) is 22.9. The Morgan fingerprint density at radius 1 is 1.16 bits per heavy atom. The van der Waals surface area contributed by atoms with Gasteiger partial charge in [0.05, 0.1) is 11.7 Å². The SMILES string of the molecule is CCC(N1CCN(C)CC1)n1c(NC(=O)c2cccc(C(F)(F)F)c2)nc2cccnc21. The molecule has 0 spiro atoms. The molecule has 1 atom stereocenters. The maximum atomic E-state index is 13.1. The van der Waals surface area contributed by atoms with Crippen LogP contribution < -0.4 is 5.32 Å².